The Bertz CT molecular complexity index is 317. The van der Waals surface area contributed by atoms with Gasteiger partial charge in [0.15, 0.2) is 0 Å². The highest BCUT2D eigenvalue weighted by Crippen LogP contribution is 2.17. The van der Waals surface area contributed by atoms with E-state index < -0.39 is 0 Å². The average molecular weight is 251 g/mol. The Morgan fingerprint density at radius 2 is 2.17 bits per heavy atom. The fourth-order valence-electron chi connectivity index (χ4n) is 2.42. The van der Waals surface area contributed by atoms with Crippen LogP contribution in [0.4, 0.5) is 0 Å². The van der Waals surface area contributed by atoms with Crippen molar-refractivity contribution in [2.45, 2.75) is 46.5 Å². The van der Waals surface area contributed by atoms with Crippen molar-refractivity contribution in [2.75, 3.05) is 13.1 Å². The number of hydrogen-bond donors (Lipinski definition) is 1. The molecule has 1 heterocycles. The lowest BCUT2D eigenvalue weighted by molar-refractivity contribution is 0.367. The van der Waals surface area contributed by atoms with Crippen molar-refractivity contribution in [3.8, 4) is 0 Å². The molecule has 1 aromatic rings. The Balaban J connectivity index is 2.34. The first-order valence-corrected chi connectivity index (χ1v) is 7.30. The molecule has 3 heteroatoms. The van der Waals surface area contributed by atoms with E-state index in [1.165, 1.54) is 24.8 Å². The highest BCUT2D eigenvalue weighted by Gasteiger charge is 2.11. The smallest absolute Gasteiger partial charge is 0.0521 e. The quantitative estimate of drug-likeness (QED) is 0.684. The molecule has 0 aliphatic rings. The van der Waals surface area contributed by atoms with Crippen LogP contribution in [-0.4, -0.2) is 22.9 Å². The van der Waals surface area contributed by atoms with Gasteiger partial charge in [-0.1, -0.05) is 20.8 Å². The summed E-state index contributed by atoms with van der Waals surface area (Å²) < 4.78 is 1.89. The lowest BCUT2D eigenvalue weighted by Gasteiger charge is -2.19. The van der Waals surface area contributed by atoms with E-state index in [1.54, 1.807) is 0 Å². The van der Waals surface area contributed by atoms with Crippen molar-refractivity contribution in [3.63, 3.8) is 0 Å². The fourth-order valence-corrected chi connectivity index (χ4v) is 2.42. The molecule has 1 unspecified atom stereocenters. The van der Waals surface area contributed by atoms with Crippen LogP contribution in [0.15, 0.2) is 12.4 Å². The molecule has 18 heavy (non-hydrogen) atoms. The second kappa shape index (κ2) is 8.30. The first kappa shape index (κ1) is 15.2. The molecule has 1 rings (SSSR count). The van der Waals surface area contributed by atoms with Gasteiger partial charge in [-0.25, -0.2) is 0 Å². The summed E-state index contributed by atoms with van der Waals surface area (Å²) in [6.45, 7) is 9.15. The molecule has 3 nitrogen and oxygen atoms in total. The van der Waals surface area contributed by atoms with E-state index in [0.29, 0.717) is 0 Å². The highest BCUT2D eigenvalue weighted by molar-refractivity contribution is 5.03. The predicted octanol–water partition coefficient (Wildman–Crippen LogP) is 3.01. The summed E-state index contributed by atoms with van der Waals surface area (Å²) >= 11 is 0. The largest absolute Gasteiger partial charge is 0.316 e. The van der Waals surface area contributed by atoms with Crippen LogP contribution in [0.1, 0.15) is 45.6 Å². The number of nitrogens with one attached hydrogen (secondary N) is 1. The van der Waals surface area contributed by atoms with Crippen molar-refractivity contribution in [1.29, 1.82) is 0 Å². The minimum atomic E-state index is 0.785. The van der Waals surface area contributed by atoms with Gasteiger partial charge in [-0.3, -0.25) is 4.68 Å². The van der Waals surface area contributed by atoms with Crippen LogP contribution in [0.3, 0.4) is 0 Å². The highest BCUT2D eigenvalue weighted by atomic mass is 15.2. The molecule has 0 aliphatic carbocycles. The van der Waals surface area contributed by atoms with Gasteiger partial charge in [-0.15, -0.1) is 0 Å². The predicted molar refractivity (Wildman–Crippen MR) is 77.6 cm³/mol. The first-order chi connectivity index (χ1) is 8.61. The molecule has 1 atom stereocenters. The summed E-state index contributed by atoms with van der Waals surface area (Å²) in [5.41, 5.74) is 1.36. The maximum atomic E-state index is 4.23. The van der Waals surface area contributed by atoms with Crippen molar-refractivity contribution < 1.29 is 0 Å². The Hall–Kier alpha value is -0.830. The normalized spacial score (nSPS) is 13.2. The SMILES string of the molecule is CCCNCC(CCc1cnn(C)c1)CC(C)C. The standard InChI is InChI=1S/C15H29N3/c1-5-8-16-10-14(9-13(2)3)6-7-15-11-17-18(4)12-15/h11-14,16H,5-10H2,1-4H3. The van der Waals surface area contributed by atoms with Crippen molar-refractivity contribution >= 4 is 0 Å². The van der Waals surface area contributed by atoms with Gasteiger partial charge < -0.3 is 5.32 Å². The molecule has 0 saturated heterocycles. The summed E-state index contributed by atoms with van der Waals surface area (Å²) in [7, 11) is 1.98. The molecule has 0 radical (unpaired) electrons. The van der Waals surface area contributed by atoms with Gasteiger partial charge in [0.25, 0.3) is 0 Å². The zero-order valence-electron chi connectivity index (χ0n) is 12.4. The zero-order valence-corrected chi connectivity index (χ0v) is 12.4. The molecule has 0 amide bonds. The van der Waals surface area contributed by atoms with Crippen LogP contribution in [0, 0.1) is 11.8 Å². The molecule has 0 saturated carbocycles. The number of nitrogens with zero attached hydrogens (tertiary/aromatic N) is 2. The molecule has 0 fully saturated rings. The van der Waals surface area contributed by atoms with Crippen molar-refractivity contribution in [2.24, 2.45) is 18.9 Å². The summed E-state index contributed by atoms with van der Waals surface area (Å²) in [6, 6.07) is 0. The van der Waals surface area contributed by atoms with Crippen LogP contribution in [0.5, 0.6) is 0 Å². The summed E-state index contributed by atoms with van der Waals surface area (Å²) in [5, 5.41) is 7.79. The lowest BCUT2D eigenvalue weighted by Crippen LogP contribution is -2.25. The maximum Gasteiger partial charge on any atom is 0.0521 e. The van der Waals surface area contributed by atoms with E-state index in [-0.39, 0.29) is 0 Å². The van der Waals surface area contributed by atoms with Crippen LogP contribution in [-0.2, 0) is 13.5 Å². The number of aromatic nitrogens is 2. The monoisotopic (exact) mass is 251 g/mol. The molecule has 1 N–H and O–H groups in total. The van der Waals surface area contributed by atoms with E-state index in [2.05, 4.69) is 37.4 Å². The molecule has 104 valence electrons. The van der Waals surface area contributed by atoms with E-state index in [9.17, 15) is 0 Å². The van der Waals surface area contributed by atoms with Gasteiger partial charge in [0.1, 0.15) is 0 Å². The van der Waals surface area contributed by atoms with E-state index in [1.807, 2.05) is 17.9 Å². The van der Waals surface area contributed by atoms with E-state index >= 15 is 0 Å². The Kier molecular flexibility index (Phi) is 7.02. The third kappa shape index (κ3) is 6.20. The van der Waals surface area contributed by atoms with Gasteiger partial charge in [0.2, 0.25) is 0 Å². The topological polar surface area (TPSA) is 29.9 Å². The van der Waals surface area contributed by atoms with Crippen molar-refractivity contribution in [1.82, 2.24) is 15.1 Å². The number of hydrogen-bond acceptors (Lipinski definition) is 2. The fraction of sp³-hybridized carbons (Fsp3) is 0.800. The summed E-state index contributed by atoms with van der Waals surface area (Å²) in [6.07, 6.45) is 9.07. The molecular weight excluding hydrogens is 222 g/mol. The molecule has 0 spiro atoms. The molecule has 0 aromatic carbocycles. The first-order valence-electron chi connectivity index (χ1n) is 7.30. The minimum Gasteiger partial charge on any atom is -0.316 e. The molecule has 1 aromatic heterocycles. The average Bonchev–Trinajstić information content (AvgIpc) is 2.71. The Labute approximate surface area is 112 Å². The van der Waals surface area contributed by atoms with Gasteiger partial charge in [0.05, 0.1) is 6.20 Å². The van der Waals surface area contributed by atoms with E-state index in [0.717, 1.165) is 31.3 Å². The molecular formula is C15H29N3. The third-order valence-corrected chi connectivity index (χ3v) is 3.26. The van der Waals surface area contributed by atoms with Gasteiger partial charge in [0, 0.05) is 13.2 Å². The number of aryl methyl sites for hydroxylation is 2. The lowest BCUT2D eigenvalue weighted by atomic mass is 9.91. The minimum absolute atomic E-state index is 0.785. The zero-order chi connectivity index (χ0) is 13.4. The van der Waals surface area contributed by atoms with Gasteiger partial charge in [-0.2, -0.15) is 5.10 Å². The van der Waals surface area contributed by atoms with Gasteiger partial charge in [-0.05, 0) is 56.2 Å². The molecule has 0 bridgehead atoms. The maximum absolute atomic E-state index is 4.23. The third-order valence-electron chi connectivity index (χ3n) is 3.26. The Morgan fingerprint density at radius 3 is 2.72 bits per heavy atom. The van der Waals surface area contributed by atoms with Gasteiger partial charge >= 0.3 is 0 Å². The van der Waals surface area contributed by atoms with Crippen LogP contribution in [0.2, 0.25) is 0 Å². The summed E-state index contributed by atoms with van der Waals surface area (Å²) in [5.74, 6) is 1.57. The van der Waals surface area contributed by atoms with Crippen molar-refractivity contribution in [3.05, 3.63) is 18.0 Å². The molecule has 0 aliphatic heterocycles. The Morgan fingerprint density at radius 1 is 1.39 bits per heavy atom. The van der Waals surface area contributed by atoms with Crippen LogP contribution >= 0.6 is 0 Å². The summed E-state index contributed by atoms with van der Waals surface area (Å²) in [4.78, 5) is 0. The van der Waals surface area contributed by atoms with Crippen LogP contribution in [0.25, 0.3) is 0 Å². The second-order valence-corrected chi connectivity index (χ2v) is 5.76. The second-order valence-electron chi connectivity index (χ2n) is 5.76. The number of rotatable bonds is 9. The van der Waals surface area contributed by atoms with Crippen LogP contribution < -0.4 is 5.32 Å². The van der Waals surface area contributed by atoms with E-state index in [4.69, 9.17) is 0 Å².